The molecule has 30 heavy (non-hydrogen) atoms. The summed E-state index contributed by atoms with van der Waals surface area (Å²) in [7, 11) is -3.17. The summed E-state index contributed by atoms with van der Waals surface area (Å²) in [5.41, 5.74) is 4.10. The molecule has 0 amide bonds. The second kappa shape index (κ2) is 9.52. The Morgan fingerprint density at radius 3 is 2.43 bits per heavy atom. The van der Waals surface area contributed by atoms with Crippen LogP contribution in [-0.2, 0) is 14.8 Å². The van der Waals surface area contributed by atoms with Gasteiger partial charge >= 0.3 is 0 Å². The van der Waals surface area contributed by atoms with E-state index >= 15 is 0 Å². The first kappa shape index (κ1) is 22.2. The molecule has 0 bridgehead atoms. The maximum atomic E-state index is 11.8. The van der Waals surface area contributed by atoms with Crippen molar-refractivity contribution in [3.05, 3.63) is 59.7 Å². The highest BCUT2D eigenvalue weighted by molar-refractivity contribution is 7.88. The fraction of sp³-hybridized carbons (Fsp3) is 0.391. The van der Waals surface area contributed by atoms with Crippen LogP contribution in [0.1, 0.15) is 37.0 Å². The van der Waals surface area contributed by atoms with E-state index in [2.05, 4.69) is 6.07 Å². The molecular weight excluding hydrogens is 398 g/mol. The lowest BCUT2D eigenvalue weighted by molar-refractivity contribution is 0.0151. The zero-order chi connectivity index (χ0) is 21.7. The van der Waals surface area contributed by atoms with Crippen molar-refractivity contribution in [2.24, 2.45) is 5.92 Å². The Labute approximate surface area is 178 Å². The van der Waals surface area contributed by atoms with E-state index in [0.717, 1.165) is 29.5 Å². The number of ether oxygens (including phenoxy) is 1. The largest absolute Gasteiger partial charge is 0.367 e. The van der Waals surface area contributed by atoms with Crippen LogP contribution in [0.15, 0.2) is 48.5 Å². The molecular formula is C23H27N3O3S. The fourth-order valence-electron chi connectivity index (χ4n) is 3.86. The van der Waals surface area contributed by atoms with Gasteiger partial charge in [-0.3, -0.25) is 0 Å². The molecule has 1 saturated heterocycles. The third-order valence-corrected chi connectivity index (χ3v) is 6.74. The van der Waals surface area contributed by atoms with Gasteiger partial charge in [-0.25, -0.2) is 12.7 Å². The van der Waals surface area contributed by atoms with E-state index in [1.54, 1.807) is 13.0 Å². The highest BCUT2D eigenvalue weighted by Crippen LogP contribution is 2.35. The third kappa shape index (κ3) is 5.54. The molecule has 0 radical (unpaired) electrons. The molecule has 1 aliphatic heterocycles. The molecule has 1 fully saturated rings. The Morgan fingerprint density at radius 1 is 1.20 bits per heavy atom. The molecule has 2 aromatic carbocycles. The normalized spacial score (nSPS) is 16.7. The average Bonchev–Trinajstić information content (AvgIpc) is 2.74. The number of hydrogen-bond acceptors (Lipinski definition) is 5. The molecule has 1 heterocycles. The van der Waals surface area contributed by atoms with Crippen LogP contribution in [0.2, 0.25) is 0 Å². The standard InChI is InChI=1S/C23H27N3O3S/c1-17(25)16-29-23(21-10-12-26(13-11-21)30(2,27)28)20-8-6-19(7-9-20)22-5-3-4-18(14-22)15-24/h3-9,14,21,23,25H,10-13,16H2,1-2H3. The summed E-state index contributed by atoms with van der Waals surface area (Å²) in [4.78, 5) is 0. The maximum Gasteiger partial charge on any atom is 0.211 e. The first-order chi connectivity index (χ1) is 14.3. The van der Waals surface area contributed by atoms with Gasteiger partial charge in [-0.1, -0.05) is 36.4 Å². The summed E-state index contributed by atoms with van der Waals surface area (Å²) in [5.74, 6) is 0.190. The minimum Gasteiger partial charge on any atom is -0.367 e. The molecule has 1 N–H and O–H groups in total. The molecule has 0 saturated carbocycles. The van der Waals surface area contributed by atoms with Crippen LogP contribution < -0.4 is 0 Å². The third-order valence-electron chi connectivity index (χ3n) is 5.44. The molecule has 7 heteroatoms. The van der Waals surface area contributed by atoms with Crippen molar-refractivity contribution in [3.63, 3.8) is 0 Å². The number of benzene rings is 2. The van der Waals surface area contributed by atoms with Crippen molar-refractivity contribution in [3.8, 4) is 17.2 Å². The van der Waals surface area contributed by atoms with E-state index in [4.69, 9.17) is 15.4 Å². The second-order valence-electron chi connectivity index (χ2n) is 7.83. The molecule has 1 unspecified atom stereocenters. The summed E-state index contributed by atoms with van der Waals surface area (Å²) in [6, 6.07) is 17.8. The maximum absolute atomic E-state index is 11.8. The van der Waals surface area contributed by atoms with Gasteiger partial charge in [-0.05, 0) is 54.5 Å². The lowest BCUT2D eigenvalue weighted by Crippen LogP contribution is -2.39. The molecule has 6 nitrogen and oxygen atoms in total. The topological polar surface area (TPSA) is 94.2 Å². The molecule has 0 spiro atoms. The smallest absolute Gasteiger partial charge is 0.211 e. The molecule has 0 aliphatic carbocycles. The number of nitriles is 1. The first-order valence-corrected chi connectivity index (χ1v) is 11.8. The van der Waals surface area contributed by atoms with Crippen molar-refractivity contribution in [2.75, 3.05) is 26.0 Å². The van der Waals surface area contributed by atoms with Crippen molar-refractivity contribution in [1.82, 2.24) is 4.31 Å². The van der Waals surface area contributed by atoms with Gasteiger partial charge in [0.05, 0.1) is 30.6 Å². The summed E-state index contributed by atoms with van der Waals surface area (Å²) < 4.78 is 31.2. The zero-order valence-electron chi connectivity index (χ0n) is 17.3. The monoisotopic (exact) mass is 425 g/mol. The second-order valence-corrected chi connectivity index (χ2v) is 9.81. The van der Waals surface area contributed by atoms with Gasteiger partial charge in [-0.15, -0.1) is 0 Å². The zero-order valence-corrected chi connectivity index (χ0v) is 18.2. The summed E-state index contributed by atoms with van der Waals surface area (Å²) in [6.45, 7) is 2.95. The minimum atomic E-state index is -3.17. The van der Waals surface area contributed by atoms with E-state index in [-0.39, 0.29) is 18.6 Å². The Balaban J connectivity index is 1.80. The predicted octanol–water partition coefficient (Wildman–Crippen LogP) is 3.99. The summed E-state index contributed by atoms with van der Waals surface area (Å²) in [6.07, 6.45) is 2.51. The summed E-state index contributed by atoms with van der Waals surface area (Å²) >= 11 is 0. The van der Waals surface area contributed by atoms with E-state index in [1.165, 1.54) is 10.6 Å². The SMILES string of the molecule is CC(=N)COC(c1ccc(-c2cccc(C#N)c2)cc1)C1CCN(S(C)(=O)=O)CC1. The first-order valence-electron chi connectivity index (χ1n) is 9.99. The van der Waals surface area contributed by atoms with Crippen LogP contribution in [0, 0.1) is 22.7 Å². The van der Waals surface area contributed by atoms with Crippen LogP contribution in [-0.4, -0.2) is 44.4 Å². The van der Waals surface area contributed by atoms with Crippen molar-refractivity contribution in [1.29, 1.82) is 10.7 Å². The van der Waals surface area contributed by atoms with Crippen LogP contribution >= 0.6 is 0 Å². The van der Waals surface area contributed by atoms with Gasteiger partial charge in [0.25, 0.3) is 0 Å². The van der Waals surface area contributed by atoms with Crippen LogP contribution in [0.3, 0.4) is 0 Å². The lowest BCUT2D eigenvalue weighted by Gasteiger charge is -2.35. The fourth-order valence-corrected chi connectivity index (χ4v) is 4.74. The van der Waals surface area contributed by atoms with E-state index in [0.29, 0.717) is 24.4 Å². The van der Waals surface area contributed by atoms with E-state index in [9.17, 15) is 8.42 Å². The van der Waals surface area contributed by atoms with Gasteiger partial charge in [0, 0.05) is 18.8 Å². The average molecular weight is 426 g/mol. The molecule has 158 valence electrons. The van der Waals surface area contributed by atoms with Crippen molar-refractivity contribution in [2.45, 2.75) is 25.9 Å². The van der Waals surface area contributed by atoms with Crippen molar-refractivity contribution < 1.29 is 13.2 Å². The van der Waals surface area contributed by atoms with Crippen LogP contribution in [0.5, 0.6) is 0 Å². The Morgan fingerprint density at radius 2 is 1.87 bits per heavy atom. The number of nitrogens with zero attached hydrogens (tertiary/aromatic N) is 2. The number of rotatable bonds is 7. The molecule has 3 rings (SSSR count). The van der Waals surface area contributed by atoms with Crippen LogP contribution in [0.4, 0.5) is 0 Å². The molecule has 2 aromatic rings. The van der Waals surface area contributed by atoms with Gasteiger partial charge in [-0.2, -0.15) is 5.26 Å². The van der Waals surface area contributed by atoms with Gasteiger partial charge in [0.1, 0.15) is 0 Å². The number of hydrogen-bond donors (Lipinski definition) is 1. The number of piperidine rings is 1. The van der Waals surface area contributed by atoms with Gasteiger partial charge in [0.2, 0.25) is 10.0 Å². The van der Waals surface area contributed by atoms with Gasteiger partial charge in [0.15, 0.2) is 0 Å². The molecule has 1 aliphatic rings. The lowest BCUT2D eigenvalue weighted by atomic mass is 9.87. The summed E-state index contributed by atoms with van der Waals surface area (Å²) in [5, 5.41) is 16.8. The number of nitrogens with one attached hydrogen (secondary N) is 1. The van der Waals surface area contributed by atoms with Crippen LogP contribution in [0.25, 0.3) is 11.1 Å². The predicted molar refractivity (Wildman–Crippen MR) is 118 cm³/mol. The Bertz CT molecular complexity index is 1030. The quantitative estimate of drug-likeness (QED) is 0.679. The number of sulfonamides is 1. The minimum absolute atomic E-state index is 0.188. The molecule has 0 aromatic heterocycles. The Hall–Kier alpha value is -2.53. The van der Waals surface area contributed by atoms with Crippen molar-refractivity contribution >= 4 is 15.7 Å². The van der Waals surface area contributed by atoms with Gasteiger partial charge < -0.3 is 10.1 Å². The molecule has 1 atom stereocenters. The Kier molecular flexibility index (Phi) is 7.03. The van der Waals surface area contributed by atoms with E-state index in [1.807, 2.05) is 42.5 Å². The highest BCUT2D eigenvalue weighted by Gasteiger charge is 2.31. The van der Waals surface area contributed by atoms with E-state index < -0.39 is 10.0 Å². The highest BCUT2D eigenvalue weighted by atomic mass is 32.2.